The molecule has 1 rings (SSSR count). The van der Waals surface area contributed by atoms with E-state index in [4.69, 9.17) is 10.2 Å². The van der Waals surface area contributed by atoms with Crippen LogP contribution in [-0.2, 0) is 11.2 Å². The molecule has 1 aromatic rings. The zero-order valence-corrected chi connectivity index (χ0v) is 8.13. The third-order valence-corrected chi connectivity index (χ3v) is 1.74. The number of nitrogen functional groups attached to an aromatic ring is 1. The Morgan fingerprint density at radius 1 is 1.62 bits per heavy atom. The van der Waals surface area contributed by atoms with Crippen LogP contribution in [0.25, 0.3) is 0 Å². The average molecular weight is 182 g/mol. The molecule has 0 aliphatic carbocycles. The van der Waals surface area contributed by atoms with Gasteiger partial charge in [0.1, 0.15) is 11.5 Å². The highest BCUT2D eigenvalue weighted by molar-refractivity contribution is 5.85. The van der Waals surface area contributed by atoms with E-state index in [1.165, 1.54) is 6.20 Å². The third kappa shape index (κ3) is 2.57. The summed E-state index contributed by atoms with van der Waals surface area (Å²) in [6.07, 6.45) is 1.74. The van der Waals surface area contributed by atoms with Gasteiger partial charge in [-0.3, -0.25) is 4.79 Å². The van der Waals surface area contributed by atoms with Gasteiger partial charge in [-0.25, -0.2) is 4.98 Å². The fourth-order valence-corrected chi connectivity index (χ4v) is 0.828. The van der Waals surface area contributed by atoms with Crippen LogP contribution in [0.2, 0.25) is 0 Å². The molecule has 0 aliphatic heterocycles. The molecule has 0 saturated heterocycles. The van der Waals surface area contributed by atoms with Gasteiger partial charge in [0.05, 0.1) is 12.6 Å². The molecule has 1 heterocycles. The van der Waals surface area contributed by atoms with Crippen molar-refractivity contribution >= 4 is 11.8 Å². The topological polar surface area (TPSA) is 69.1 Å². The molecule has 0 bridgehead atoms. The Morgan fingerprint density at radius 3 is 2.62 bits per heavy atom. The highest BCUT2D eigenvalue weighted by atomic mass is 16.4. The van der Waals surface area contributed by atoms with Crippen LogP contribution in [0.1, 0.15) is 26.5 Å². The lowest BCUT2D eigenvalue weighted by Gasteiger charge is -2.14. The number of aromatic nitrogens is 1. The predicted octanol–water partition coefficient (Wildman–Crippen LogP) is 1.41. The number of Topliss-reactive ketones (excluding diaryl/α,β-unsaturated/α-hetero) is 1. The number of carbonyl (C=O) groups is 1. The maximum atomic E-state index is 11.5. The van der Waals surface area contributed by atoms with Crippen molar-refractivity contribution in [2.75, 3.05) is 5.73 Å². The standard InChI is InChI=1S/C9H14N2O2/c1-9(2,3)7(12)4-6-5-11-8(10)13-6/h5H,4H2,1-3H3,(H2,10,11). The Hall–Kier alpha value is -1.32. The van der Waals surface area contributed by atoms with Gasteiger partial charge < -0.3 is 10.2 Å². The molecule has 4 nitrogen and oxygen atoms in total. The Balaban J connectivity index is 2.65. The lowest BCUT2D eigenvalue weighted by molar-refractivity contribution is -0.125. The van der Waals surface area contributed by atoms with E-state index in [1.807, 2.05) is 20.8 Å². The summed E-state index contributed by atoms with van der Waals surface area (Å²) in [5.74, 6) is 0.640. The van der Waals surface area contributed by atoms with E-state index >= 15 is 0 Å². The van der Waals surface area contributed by atoms with Gasteiger partial charge in [0.2, 0.25) is 0 Å². The number of hydrogen-bond acceptors (Lipinski definition) is 4. The summed E-state index contributed by atoms with van der Waals surface area (Å²) in [5, 5.41) is 0. The molecule has 1 aromatic heterocycles. The maximum absolute atomic E-state index is 11.5. The van der Waals surface area contributed by atoms with E-state index in [0.717, 1.165) is 0 Å². The zero-order chi connectivity index (χ0) is 10.1. The average Bonchev–Trinajstić information content (AvgIpc) is 2.33. The number of rotatable bonds is 2. The molecule has 0 spiro atoms. The quantitative estimate of drug-likeness (QED) is 0.750. The van der Waals surface area contributed by atoms with Gasteiger partial charge in [-0.05, 0) is 0 Å². The minimum absolute atomic E-state index is 0.108. The van der Waals surface area contributed by atoms with Gasteiger partial charge in [0.15, 0.2) is 0 Å². The first-order valence-corrected chi connectivity index (χ1v) is 4.13. The fraction of sp³-hybridized carbons (Fsp3) is 0.556. The van der Waals surface area contributed by atoms with E-state index in [-0.39, 0.29) is 23.6 Å². The summed E-state index contributed by atoms with van der Waals surface area (Å²) >= 11 is 0. The number of hydrogen-bond donors (Lipinski definition) is 1. The monoisotopic (exact) mass is 182 g/mol. The van der Waals surface area contributed by atoms with E-state index < -0.39 is 0 Å². The molecular weight excluding hydrogens is 168 g/mol. The van der Waals surface area contributed by atoms with Crippen LogP contribution >= 0.6 is 0 Å². The second-order valence-corrected chi connectivity index (χ2v) is 4.01. The van der Waals surface area contributed by atoms with Crippen LogP contribution < -0.4 is 5.73 Å². The molecule has 13 heavy (non-hydrogen) atoms. The molecule has 0 aliphatic rings. The first-order chi connectivity index (χ1) is 5.89. The zero-order valence-electron chi connectivity index (χ0n) is 8.13. The normalized spacial score (nSPS) is 11.6. The number of ketones is 1. The number of nitrogens with two attached hydrogens (primary N) is 1. The van der Waals surface area contributed by atoms with Gasteiger partial charge >= 0.3 is 0 Å². The van der Waals surface area contributed by atoms with Crippen molar-refractivity contribution in [2.24, 2.45) is 5.41 Å². The molecule has 0 amide bonds. The van der Waals surface area contributed by atoms with E-state index in [9.17, 15) is 4.79 Å². The van der Waals surface area contributed by atoms with Gasteiger partial charge in [0.25, 0.3) is 6.01 Å². The van der Waals surface area contributed by atoms with E-state index in [0.29, 0.717) is 5.76 Å². The van der Waals surface area contributed by atoms with Crippen molar-refractivity contribution in [1.82, 2.24) is 4.98 Å². The van der Waals surface area contributed by atoms with Crippen molar-refractivity contribution in [1.29, 1.82) is 0 Å². The first kappa shape index (κ1) is 9.77. The van der Waals surface area contributed by atoms with Crippen LogP contribution in [-0.4, -0.2) is 10.8 Å². The van der Waals surface area contributed by atoms with Crippen molar-refractivity contribution in [3.8, 4) is 0 Å². The number of anilines is 1. The van der Waals surface area contributed by atoms with Crippen molar-refractivity contribution in [3.05, 3.63) is 12.0 Å². The number of carbonyl (C=O) groups excluding carboxylic acids is 1. The van der Waals surface area contributed by atoms with E-state index in [2.05, 4.69) is 4.98 Å². The maximum Gasteiger partial charge on any atom is 0.292 e. The smallest absolute Gasteiger partial charge is 0.292 e. The van der Waals surface area contributed by atoms with Crippen LogP contribution in [0.5, 0.6) is 0 Å². The van der Waals surface area contributed by atoms with Gasteiger partial charge in [-0.15, -0.1) is 0 Å². The second kappa shape index (κ2) is 3.20. The molecule has 72 valence electrons. The minimum atomic E-state index is -0.346. The van der Waals surface area contributed by atoms with Gasteiger partial charge in [0, 0.05) is 5.41 Å². The molecule has 0 atom stereocenters. The summed E-state index contributed by atoms with van der Waals surface area (Å²) in [7, 11) is 0. The summed E-state index contributed by atoms with van der Waals surface area (Å²) in [6.45, 7) is 5.61. The van der Waals surface area contributed by atoms with Crippen molar-refractivity contribution < 1.29 is 9.21 Å². The summed E-state index contributed by atoms with van der Waals surface area (Å²) < 4.78 is 5.00. The molecule has 2 N–H and O–H groups in total. The van der Waals surface area contributed by atoms with Crippen molar-refractivity contribution in [3.63, 3.8) is 0 Å². The Bertz CT molecular complexity index is 310. The fourth-order valence-electron chi connectivity index (χ4n) is 0.828. The highest BCUT2D eigenvalue weighted by Gasteiger charge is 2.22. The first-order valence-electron chi connectivity index (χ1n) is 4.13. The highest BCUT2D eigenvalue weighted by Crippen LogP contribution is 2.18. The summed E-state index contributed by atoms with van der Waals surface area (Å²) in [4.78, 5) is 15.2. The van der Waals surface area contributed by atoms with Gasteiger partial charge in [-0.1, -0.05) is 20.8 Å². The molecule has 4 heteroatoms. The largest absolute Gasteiger partial charge is 0.428 e. The molecule has 0 fully saturated rings. The van der Waals surface area contributed by atoms with Crippen LogP contribution in [0.3, 0.4) is 0 Å². The Kier molecular flexibility index (Phi) is 2.40. The second-order valence-electron chi connectivity index (χ2n) is 4.01. The lowest BCUT2D eigenvalue weighted by Crippen LogP contribution is -2.21. The SMILES string of the molecule is CC(C)(C)C(=O)Cc1cnc(N)o1. The number of nitrogens with zero attached hydrogens (tertiary/aromatic N) is 1. The molecular formula is C9H14N2O2. The van der Waals surface area contributed by atoms with Crippen LogP contribution in [0.15, 0.2) is 10.6 Å². The minimum Gasteiger partial charge on any atom is -0.428 e. The van der Waals surface area contributed by atoms with Crippen LogP contribution in [0, 0.1) is 5.41 Å². The third-order valence-electron chi connectivity index (χ3n) is 1.74. The molecule has 0 radical (unpaired) electrons. The van der Waals surface area contributed by atoms with Crippen molar-refractivity contribution in [2.45, 2.75) is 27.2 Å². The molecule has 0 aromatic carbocycles. The molecule has 0 saturated carbocycles. The predicted molar refractivity (Wildman–Crippen MR) is 49.1 cm³/mol. The Morgan fingerprint density at radius 2 is 2.23 bits per heavy atom. The number of oxazole rings is 1. The van der Waals surface area contributed by atoms with Crippen LogP contribution in [0.4, 0.5) is 6.01 Å². The Labute approximate surface area is 77.1 Å². The lowest BCUT2D eigenvalue weighted by atomic mass is 9.88. The summed E-state index contributed by atoms with van der Waals surface area (Å²) in [6, 6.07) is 0.108. The summed E-state index contributed by atoms with van der Waals surface area (Å²) in [5.41, 5.74) is 4.93. The molecule has 0 unspecified atom stereocenters. The van der Waals surface area contributed by atoms with E-state index in [1.54, 1.807) is 0 Å². The van der Waals surface area contributed by atoms with Gasteiger partial charge in [-0.2, -0.15) is 0 Å².